The zero-order chi connectivity index (χ0) is 11.4. The fourth-order valence-electron chi connectivity index (χ4n) is 1.10. The molecule has 1 rings (SSSR count). The van der Waals surface area contributed by atoms with Crippen molar-refractivity contribution in [1.82, 2.24) is 9.97 Å². The van der Waals surface area contributed by atoms with Crippen LogP contribution in [-0.2, 0) is 16.0 Å². The molecule has 0 aliphatic carbocycles. The maximum absolute atomic E-state index is 11.0. The Balaban J connectivity index is 2.85. The van der Waals surface area contributed by atoms with Crippen LogP contribution in [0.2, 0.25) is 0 Å². The number of nitrogens with two attached hydrogens (primary N) is 1. The van der Waals surface area contributed by atoms with E-state index in [4.69, 9.17) is 5.73 Å². The van der Waals surface area contributed by atoms with Gasteiger partial charge >= 0.3 is 11.7 Å². The second-order valence-corrected chi connectivity index (χ2v) is 2.95. The second kappa shape index (κ2) is 4.56. The molecule has 7 nitrogen and oxygen atoms in total. The first kappa shape index (κ1) is 11.2. The van der Waals surface area contributed by atoms with Gasteiger partial charge in [0.25, 0.3) is 5.56 Å². The van der Waals surface area contributed by atoms with Crippen molar-refractivity contribution in [1.29, 1.82) is 0 Å². The first-order valence-corrected chi connectivity index (χ1v) is 4.19. The number of esters is 1. The first-order chi connectivity index (χ1) is 7.02. The molecule has 1 atom stereocenters. The molecule has 1 heterocycles. The van der Waals surface area contributed by atoms with E-state index in [1.54, 1.807) is 0 Å². The van der Waals surface area contributed by atoms with Crippen LogP contribution >= 0.6 is 0 Å². The summed E-state index contributed by atoms with van der Waals surface area (Å²) in [6.45, 7) is 0. The summed E-state index contributed by atoms with van der Waals surface area (Å²) >= 11 is 0. The van der Waals surface area contributed by atoms with Crippen LogP contribution in [0.1, 0.15) is 5.69 Å². The molecule has 0 aromatic carbocycles. The van der Waals surface area contributed by atoms with Crippen LogP contribution in [0.4, 0.5) is 0 Å². The zero-order valence-electron chi connectivity index (χ0n) is 8.07. The van der Waals surface area contributed by atoms with Crippen molar-refractivity contribution in [2.75, 3.05) is 7.11 Å². The molecular formula is C8H11N3O4. The number of rotatable bonds is 3. The lowest BCUT2D eigenvalue weighted by atomic mass is 10.1. The van der Waals surface area contributed by atoms with E-state index >= 15 is 0 Å². The van der Waals surface area contributed by atoms with E-state index in [-0.39, 0.29) is 6.42 Å². The Hall–Kier alpha value is -1.89. The molecule has 0 aliphatic heterocycles. The minimum Gasteiger partial charge on any atom is -0.468 e. The maximum atomic E-state index is 11.0. The van der Waals surface area contributed by atoms with Gasteiger partial charge in [0.15, 0.2) is 0 Å². The van der Waals surface area contributed by atoms with Crippen LogP contribution in [0.3, 0.4) is 0 Å². The van der Waals surface area contributed by atoms with Gasteiger partial charge < -0.3 is 15.5 Å². The average Bonchev–Trinajstić information content (AvgIpc) is 2.14. The Morgan fingerprint density at radius 3 is 2.73 bits per heavy atom. The number of carbonyl (C=O) groups is 1. The Labute approximate surface area is 84.3 Å². The third-order valence-electron chi connectivity index (χ3n) is 1.76. The van der Waals surface area contributed by atoms with Gasteiger partial charge in [-0.1, -0.05) is 0 Å². The number of hydrogen-bond donors (Lipinski definition) is 3. The van der Waals surface area contributed by atoms with Gasteiger partial charge in [-0.15, -0.1) is 0 Å². The summed E-state index contributed by atoms with van der Waals surface area (Å²) in [6.07, 6.45) is 0.0475. The predicted octanol–water partition coefficient (Wildman–Crippen LogP) is -1.89. The van der Waals surface area contributed by atoms with Crippen LogP contribution in [0.25, 0.3) is 0 Å². The van der Waals surface area contributed by atoms with Crippen LogP contribution in [-0.4, -0.2) is 29.1 Å². The zero-order valence-corrected chi connectivity index (χ0v) is 8.07. The van der Waals surface area contributed by atoms with Gasteiger partial charge in [0, 0.05) is 18.2 Å². The summed E-state index contributed by atoms with van der Waals surface area (Å²) in [4.78, 5) is 37.1. The molecule has 1 aromatic rings. The second-order valence-electron chi connectivity index (χ2n) is 2.95. The van der Waals surface area contributed by atoms with E-state index in [2.05, 4.69) is 9.72 Å². The van der Waals surface area contributed by atoms with Crippen LogP contribution in [0, 0.1) is 0 Å². The van der Waals surface area contributed by atoms with E-state index in [9.17, 15) is 14.4 Å². The van der Waals surface area contributed by atoms with Crippen molar-refractivity contribution in [3.63, 3.8) is 0 Å². The van der Waals surface area contributed by atoms with Gasteiger partial charge in [-0.25, -0.2) is 4.79 Å². The molecule has 0 amide bonds. The third-order valence-corrected chi connectivity index (χ3v) is 1.76. The summed E-state index contributed by atoms with van der Waals surface area (Å²) in [7, 11) is 1.21. The van der Waals surface area contributed by atoms with E-state index in [1.165, 1.54) is 13.2 Å². The van der Waals surface area contributed by atoms with Gasteiger partial charge in [-0.05, 0) is 0 Å². The first-order valence-electron chi connectivity index (χ1n) is 4.19. The summed E-state index contributed by atoms with van der Waals surface area (Å²) in [5.74, 6) is -0.601. The number of aromatic amines is 2. The molecule has 0 spiro atoms. The Kier molecular flexibility index (Phi) is 3.40. The molecule has 0 bridgehead atoms. The smallest absolute Gasteiger partial charge is 0.325 e. The predicted molar refractivity (Wildman–Crippen MR) is 51.4 cm³/mol. The number of nitrogens with one attached hydrogen (secondary N) is 2. The highest BCUT2D eigenvalue weighted by Crippen LogP contribution is 1.94. The van der Waals surface area contributed by atoms with E-state index in [0.717, 1.165) is 0 Å². The van der Waals surface area contributed by atoms with Crippen molar-refractivity contribution in [3.05, 3.63) is 32.6 Å². The lowest BCUT2D eigenvalue weighted by Crippen LogP contribution is -2.35. The molecule has 0 fully saturated rings. The SMILES string of the molecule is COC(=O)C(N)Cc1cc(=O)[nH]c(=O)[nH]1. The molecule has 0 saturated heterocycles. The summed E-state index contributed by atoms with van der Waals surface area (Å²) in [6, 6.07) is 0.275. The number of methoxy groups -OCH3 is 1. The highest BCUT2D eigenvalue weighted by Gasteiger charge is 2.14. The summed E-state index contributed by atoms with van der Waals surface area (Å²) in [5.41, 5.74) is 4.58. The highest BCUT2D eigenvalue weighted by molar-refractivity contribution is 5.75. The van der Waals surface area contributed by atoms with Crippen LogP contribution in [0.5, 0.6) is 0 Å². The highest BCUT2D eigenvalue weighted by atomic mass is 16.5. The fraction of sp³-hybridized carbons (Fsp3) is 0.375. The van der Waals surface area contributed by atoms with Crippen molar-refractivity contribution in [2.45, 2.75) is 12.5 Å². The molecule has 7 heteroatoms. The normalized spacial score (nSPS) is 12.1. The molecule has 0 saturated carbocycles. The van der Waals surface area contributed by atoms with E-state index in [1.807, 2.05) is 4.98 Å². The van der Waals surface area contributed by atoms with Crippen molar-refractivity contribution in [2.24, 2.45) is 5.73 Å². The number of H-pyrrole nitrogens is 2. The maximum Gasteiger partial charge on any atom is 0.325 e. The van der Waals surface area contributed by atoms with E-state index in [0.29, 0.717) is 5.69 Å². The summed E-state index contributed by atoms with van der Waals surface area (Å²) in [5, 5.41) is 0. The molecule has 82 valence electrons. The largest absolute Gasteiger partial charge is 0.468 e. The van der Waals surface area contributed by atoms with Crippen LogP contribution < -0.4 is 17.0 Å². The molecule has 4 N–H and O–H groups in total. The molecule has 15 heavy (non-hydrogen) atoms. The number of ether oxygens (including phenoxy) is 1. The molecule has 0 aliphatic rings. The van der Waals surface area contributed by atoms with Crippen molar-refractivity contribution in [3.8, 4) is 0 Å². The minimum absolute atomic E-state index is 0.0475. The standard InChI is InChI=1S/C8H11N3O4/c1-15-7(13)5(9)2-4-3-6(12)11-8(14)10-4/h3,5H,2,9H2,1H3,(H2,10,11,12,14). The number of hydrogen-bond acceptors (Lipinski definition) is 5. The average molecular weight is 213 g/mol. The van der Waals surface area contributed by atoms with Gasteiger partial charge in [0.1, 0.15) is 6.04 Å². The quantitative estimate of drug-likeness (QED) is 0.507. The summed E-state index contributed by atoms with van der Waals surface area (Å²) < 4.78 is 4.40. The number of aromatic nitrogens is 2. The van der Waals surface area contributed by atoms with E-state index < -0.39 is 23.3 Å². The van der Waals surface area contributed by atoms with Gasteiger partial charge in [0.05, 0.1) is 7.11 Å². The van der Waals surface area contributed by atoms with Gasteiger partial charge in [-0.3, -0.25) is 14.6 Å². The van der Waals surface area contributed by atoms with Crippen molar-refractivity contribution >= 4 is 5.97 Å². The fourth-order valence-corrected chi connectivity index (χ4v) is 1.10. The lowest BCUT2D eigenvalue weighted by molar-refractivity contribution is -0.142. The Bertz CT molecular complexity index is 433. The van der Waals surface area contributed by atoms with Gasteiger partial charge in [0.2, 0.25) is 0 Å². The van der Waals surface area contributed by atoms with Gasteiger partial charge in [-0.2, -0.15) is 0 Å². The molecule has 1 aromatic heterocycles. The molecule has 1 unspecified atom stereocenters. The third kappa shape index (κ3) is 3.06. The number of carbonyl (C=O) groups excluding carboxylic acids is 1. The molecule has 0 radical (unpaired) electrons. The lowest BCUT2D eigenvalue weighted by Gasteiger charge is -2.07. The Morgan fingerprint density at radius 1 is 1.53 bits per heavy atom. The Morgan fingerprint density at radius 2 is 2.20 bits per heavy atom. The monoisotopic (exact) mass is 213 g/mol. The van der Waals surface area contributed by atoms with Crippen molar-refractivity contribution < 1.29 is 9.53 Å². The molecular weight excluding hydrogens is 202 g/mol. The minimum atomic E-state index is -0.896. The van der Waals surface area contributed by atoms with Crippen LogP contribution in [0.15, 0.2) is 15.7 Å². The topological polar surface area (TPSA) is 118 Å².